The van der Waals surface area contributed by atoms with Crippen molar-refractivity contribution in [2.45, 2.75) is 46.2 Å². The summed E-state index contributed by atoms with van der Waals surface area (Å²) in [5.41, 5.74) is 0.923. The van der Waals surface area contributed by atoms with Gasteiger partial charge in [0.2, 0.25) is 0 Å². The summed E-state index contributed by atoms with van der Waals surface area (Å²) in [5, 5.41) is 0. The van der Waals surface area contributed by atoms with Gasteiger partial charge in [-0.25, -0.2) is 0 Å². The minimum Gasteiger partial charge on any atom is -0.119 e. The van der Waals surface area contributed by atoms with E-state index >= 15 is 0 Å². The van der Waals surface area contributed by atoms with E-state index in [2.05, 4.69) is 27.7 Å². The molecule has 1 heteroatoms. The Kier molecular flexibility index (Phi) is 6.43. The van der Waals surface area contributed by atoms with Crippen LogP contribution in [-0.4, -0.2) is 11.8 Å². The SMILES string of the molecule is CC(C)CCCPC(C)C. The first-order valence-electron chi connectivity index (χ1n) is 4.36. The molecular weight excluding hydrogens is 139 g/mol. The molecule has 0 aliphatic rings. The normalized spacial score (nSPS) is 12.6. The van der Waals surface area contributed by atoms with Crippen LogP contribution in [0, 0.1) is 5.92 Å². The van der Waals surface area contributed by atoms with Gasteiger partial charge < -0.3 is 0 Å². The summed E-state index contributed by atoms with van der Waals surface area (Å²) >= 11 is 0. The third-order valence-electron chi connectivity index (χ3n) is 1.51. The Morgan fingerprint density at radius 1 is 1.10 bits per heavy atom. The molecule has 0 aliphatic carbocycles. The van der Waals surface area contributed by atoms with E-state index in [0.29, 0.717) is 0 Å². The van der Waals surface area contributed by atoms with Crippen molar-refractivity contribution >= 4 is 8.58 Å². The van der Waals surface area contributed by atoms with Gasteiger partial charge in [0.15, 0.2) is 0 Å². The fourth-order valence-corrected chi connectivity index (χ4v) is 1.89. The Labute approximate surface area is 67.6 Å². The van der Waals surface area contributed by atoms with Crippen LogP contribution in [0.4, 0.5) is 0 Å². The minimum absolute atomic E-state index is 0.900. The molecule has 0 saturated carbocycles. The van der Waals surface area contributed by atoms with Gasteiger partial charge in [0, 0.05) is 0 Å². The van der Waals surface area contributed by atoms with Gasteiger partial charge in [-0.1, -0.05) is 34.1 Å². The van der Waals surface area contributed by atoms with Crippen molar-refractivity contribution in [3.05, 3.63) is 0 Å². The highest BCUT2D eigenvalue weighted by Gasteiger charge is 1.95. The maximum atomic E-state index is 2.31. The number of hydrogen-bond acceptors (Lipinski definition) is 0. The molecule has 1 atom stereocenters. The van der Waals surface area contributed by atoms with E-state index in [1.807, 2.05) is 0 Å². The zero-order chi connectivity index (χ0) is 7.98. The Hall–Kier alpha value is 0.430. The number of rotatable bonds is 5. The first-order chi connectivity index (χ1) is 4.63. The predicted molar refractivity (Wildman–Crippen MR) is 52.4 cm³/mol. The molecule has 0 fully saturated rings. The van der Waals surface area contributed by atoms with Crippen LogP contribution < -0.4 is 0 Å². The van der Waals surface area contributed by atoms with Crippen molar-refractivity contribution in [1.82, 2.24) is 0 Å². The summed E-state index contributed by atoms with van der Waals surface area (Å²) < 4.78 is 0. The average molecular weight is 160 g/mol. The average Bonchev–Trinajstić information content (AvgIpc) is 1.79. The molecule has 0 radical (unpaired) electrons. The summed E-state index contributed by atoms with van der Waals surface area (Å²) in [4.78, 5) is 0. The first-order valence-corrected chi connectivity index (χ1v) is 5.64. The lowest BCUT2D eigenvalue weighted by molar-refractivity contribution is 0.578. The van der Waals surface area contributed by atoms with Gasteiger partial charge in [-0.3, -0.25) is 0 Å². The number of hydrogen-bond donors (Lipinski definition) is 0. The molecule has 1 unspecified atom stereocenters. The van der Waals surface area contributed by atoms with Crippen LogP contribution in [0.15, 0.2) is 0 Å². The fourth-order valence-electron chi connectivity index (χ4n) is 0.901. The largest absolute Gasteiger partial charge is 0.119 e. The highest BCUT2D eigenvalue weighted by atomic mass is 31.1. The quantitative estimate of drug-likeness (QED) is 0.426. The maximum Gasteiger partial charge on any atom is -0.0294 e. The van der Waals surface area contributed by atoms with Crippen LogP contribution in [0.25, 0.3) is 0 Å². The molecule has 0 aliphatic heterocycles. The third kappa shape index (κ3) is 8.43. The van der Waals surface area contributed by atoms with Gasteiger partial charge in [0.25, 0.3) is 0 Å². The van der Waals surface area contributed by atoms with E-state index in [9.17, 15) is 0 Å². The Balaban J connectivity index is 2.91. The van der Waals surface area contributed by atoms with Crippen molar-refractivity contribution in [2.24, 2.45) is 5.92 Å². The summed E-state index contributed by atoms with van der Waals surface area (Å²) in [7, 11) is 1.19. The van der Waals surface area contributed by atoms with E-state index in [0.717, 1.165) is 11.6 Å². The van der Waals surface area contributed by atoms with Gasteiger partial charge in [0.1, 0.15) is 0 Å². The monoisotopic (exact) mass is 160 g/mol. The second-order valence-electron chi connectivity index (χ2n) is 3.64. The molecule has 62 valence electrons. The standard InChI is InChI=1S/C9H21P/c1-8(2)6-5-7-10-9(3)4/h8-10H,5-7H2,1-4H3. The lowest BCUT2D eigenvalue weighted by Crippen LogP contribution is -1.90. The topological polar surface area (TPSA) is 0 Å². The molecule has 0 N–H and O–H groups in total. The van der Waals surface area contributed by atoms with E-state index in [-0.39, 0.29) is 0 Å². The summed E-state index contributed by atoms with van der Waals surface area (Å²) in [6.07, 6.45) is 4.31. The van der Waals surface area contributed by atoms with E-state index in [1.54, 1.807) is 0 Å². The van der Waals surface area contributed by atoms with Gasteiger partial charge in [-0.15, -0.1) is 8.58 Å². The highest BCUT2D eigenvalue weighted by molar-refractivity contribution is 7.38. The molecule has 0 nitrogen and oxygen atoms in total. The smallest absolute Gasteiger partial charge is 0.0294 e. The Morgan fingerprint density at radius 3 is 2.10 bits per heavy atom. The maximum absolute atomic E-state index is 2.31. The van der Waals surface area contributed by atoms with Crippen LogP contribution >= 0.6 is 8.58 Å². The molecular formula is C9H21P. The summed E-state index contributed by atoms with van der Waals surface area (Å²) in [5.74, 6) is 0.900. The molecule has 0 aromatic carbocycles. The molecule has 0 spiro atoms. The molecule has 0 aromatic heterocycles. The van der Waals surface area contributed by atoms with Crippen LogP contribution in [0.3, 0.4) is 0 Å². The van der Waals surface area contributed by atoms with Gasteiger partial charge >= 0.3 is 0 Å². The van der Waals surface area contributed by atoms with Crippen LogP contribution in [0.1, 0.15) is 40.5 Å². The Morgan fingerprint density at radius 2 is 1.70 bits per heavy atom. The van der Waals surface area contributed by atoms with Gasteiger partial charge in [0.05, 0.1) is 0 Å². The predicted octanol–water partition coefficient (Wildman–Crippen LogP) is 3.51. The van der Waals surface area contributed by atoms with Crippen molar-refractivity contribution in [3.8, 4) is 0 Å². The molecule has 0 aromatic rings. The third-order valence-corrected chi connectivity index (χ3v) is 2.97. The fraction of sp³-hybridized carbons (Fsp3) is 1.00. The van der Waals surface area contributed by atoms with E-state index in [1.165, 1.54) is 27.6 Å². The second-order valence-corrected chi connectivity index (χ2v) is 5.71. The van der Waals surface area contributed by atoms with Crippen molar-refractivity contribution in [1.29, 1.82) is 0 Å². The minimum atomic E-state index is 0.900. The first kappa shape index (κ1) is 10.4. The van der Waals surface area contributed by atoms with Crippen molar-refractivity contribution < 1.29 is 0 Å². The van der Waals surface area contributed by atoms with Gasteiger partial charge in [-0.2, -0.15) is 0 Å². The molecule has 0 bridgehead atoms. The van der Waals surface area contributed by atoms with E-state index in [4.69, 9.17) is 0 Å². The Bertz CT molecular complexity index is 57.1. The molecule has 0 saturated heterocycles. The second kappa shape index (κ2) is 6.16. The zero-order valence-corrected chi connectivity index (χ0v) is 8.78. The van der Waals surface area contributed by atoms with Crippen LogP contribution in [0.2, 0.25) is 0 Å². The molecule has 0 heterocycles. The molecule has 0 amide bonds. The lowest BCUT2D eigenvalue weighted by Gasteiger charge is -2.06. The van der Waals surface area contributed by atoms with Crippen LogP contribution in [-0.2, 0) is 0 Å². The van der Waals surface area contributed by atoms with Crippen molar-refractivity contribution in [2.75, 3.05) is 6.16 Å². The zero-order valence-electron chi connectivity index (χ0n) is 7.78. The van der Waals surface area contributed by atoms with E-state index < -0.39 is 0 Å². The lowest BCUT2D eigenvalue weighted by atomic mass is 10.1. The van der Waals surface area contributed by atoms with Crippen LogP contribution in [0.5, 0.6) is 0 Å². The summed E-state index contributed by atoms with van der Waals surface area (Å²) in [6.45, 7) is 9.23. The van der Waals surface area contributed by atoms with Crippen molar-refractivity contribution in [3.63, 3.8) is 0 Å². The van der Waals surface area contributed by atoms with Gasteiger partial charge in [-0.05, 0) is 24.2 Å². The highest BCUT2D eigenvalue weighted by Crippen LogP contribution is 2.20. The molecule has 0 rings (SSSR count). The molecule has 10 heavy (non-hydrogen) atoms. The summed E-state index contributed by atoms with van der Waals surface area (Å²) in [6, 6.07) is 0.